The maximum Gasteiger partial charge on any atom is 0.248 e. The number of hydrogen-bond acceptors (Lipinski definition) is 4. The highest BCUT2D eigenvalue weighted by Crippen LogP contribution is 2.30. The molecule has 20 heavy (non-hydrogen) atoms. The van der Waals surface area contributed by atoms with Crippen molar-refractivity contribution in [2.24, 2.45) is 5.73 Å². The Kier molecular flexibility index (Phi) is 3.53. The van der Waals surface area contributed by atoms with Gasteiger partial charge in [0.05, 0.1) is 11.4 Å². The second-order valence-electron chi connectivity index (χ2n) is 5.77. The van der Waals surface area contributed by atoms with Crippen molar-refractivity contribution >= 4 is 17.3 Å². The fourth-order valence-corrected chi connectivity index (χ4v) is 3.34. The lowest BCUT2D eigenvalue weighted by Gasteiger charge is -2.25. The van der Waals surface area contributed by atoms with Crippen LogP contribution in [0.2, 0.25) is 0 Å². The molecule has 1 amide bonds. The molecule has 0 radical (unpaired) electrons. The molecule has 3 rings (SSSR count). The molecule has 0 aliphatic carbocycles. The van der Waals surface area contributed by atoms with Gasteiger partial charge in [0.2, 0.25) is 5.91 Å². The number of carbonyl (C=O) groups excluding carboxylic acids is 1. The van der Waals surface area contributed by atoms with Gasteiger partial charge in [-0.25, -0.2) is 0 Å². The third kappa shape index (κ3) is 2.45. The van der Waals surface area contributed by atoms with E-state index in [1.54, 1.807) is 12.1 Å². The van der Waals surface area contributed by atoms with Gasteiger partial charge in [0.15, 0.2) is 0 Å². The van der Waals surface area contributed by atoms with E-state index in [9.17, 15) is 4.79 Å². The fraction of sp³-hybridized carbons (Fsp3) is 0.533. The number of nitrogen functional groups attached to an aromatic ring is 1. The zero-order valence-corrected chi connectivity index (χ0v) is 11.7. The van der Waals surface area contributed by atoms with Crippen LogP contribution in [-0.4, -0.2) is 43.0 Å². The van der Waals surface area contributed by atoms with Gasteiger partial charge in [0, 0.05) is 24.7 Å². The first kappa shape index (κ1) is 13.2. The maximum absolute atomic E-state index is 11.3. The fourth-order valence-electron chi connectivity index (χ4n) is 3.34. The van der Waals surface area contributed by atoms with E-state index >= 15 is 0 Å². The number of anilines is 2. The Balaban J connectivity index is 1.76. The van der Waals surface area contributed by atoms with E-state index in [-0.39, 0.29) is 0 Å². The van der Waals surface area contributed by atoms with Crippen molar-refractivity contribution in [2.75, 3.05) is 36.8 Å². The van der Waals surface area contributed by atoms with Crippen molar-refractivity contribution in [3.63, 3.8) is 0 Å². The summed E-state index contributed by atoms with van der Waals surface area (Å²) in [6.45, 7) is 4.42. The van der Waals surface area contributed by atoms with Gasteiger partial charge in [-0.05, 0) is 50.6 Å². The Hall–Kier alpha value is -1.75. The van der Waals surface area contributed by atoms with Crippen molar-refractivity contribution in [2.45, 2.75) is 25.3 Å². The number of hydrogen-bond donors (Lipinski definition) is 2. The Morgan fingerprint density at radius 3 is 2.65 bits per heavy atom. The van der Waals surface area contributed by atoms with Crippen LogP contribution >= 0.6 is 0 Å². The minimum atomic E-state index is -0.401. The summed E-state index contributed by atoms with van der Waals surface area (Å²) in [7, 11) is 0. The van der Waals surface area contributed by atoms with E-state index in [2.05, 4.69) is 9.80 Å². The first-order chi connectivity index (χ1) is 9.65. The van der Waals surface area contributed by atoms with Crippen molar-refractivity contribution in [1.29, 1.82) is 0 Å². The normalized spacial score (nSPS) is 23.4. The molecule has 0 aromatic heterocycles. The first-order valence-corrected chi connectivity index (χ1v) is 7.33. The number of amides is 1. The quantitative estimate of drug-likeness (QED) is 0.808. The van der Waals surface area contributed by atoms with Gasteiger partial charge in [-0.2, -0.15) is 0 Å². The molecule has 1 atom stereocenters. The molecule has 1 aromatic carbocycles. The summed E-state index contributed by atoms with van der Waals surface area (Å²) in [6, 6.07) is 5.91. The number of carbonyl (C=O) groups is 1. The number of primary amides is 1. The molecule has 1 unspecified atom stereocenters. The average Bonchev–Trinajstić information content (AvgIpc) is 3.10. The van der Waals surface area contributed by atoms with Crippen molar-refractivity contribution in [1.82, 2.24) is 4.90 Å². The summed E-state index contributed by atoms with van der Waals surface area (Å²) < 4.78 is 0. The second-order valence-corrected chi connectivity index (χ2v) is 5.77. The summed E-state index contributed by atoms with van der Waals surface area (Å²) in [5.41, 5.74) is 13.6. The molecule has 2 aliphatic heterocycles. The van der Waals surface area contributed by atoms with Crippen LogP contribution in [0.25, 0.3) is 0 Å². The van der Waals surface area contributed by atoms with Gasteiger partial charge in [-0.3, -0.25) is 9.69 Å². The minimum Gasteiger partial charge on any atom is -0.397 e. The SMILES string of the molecule is NC(=O)c1ccc(N)c(N2CCC(N3CCCC3)C2)c1. The minimum absolute atomic E-state index is 0.401. The van der Waals surface area contributed by atoms with Gasteiger partial charge in [-0.15, -0.1) is 0 Å². The summed E-state index contributed by atoms with van der Waals surface area (Å²) in [5, 5.41) is 0. The van der Waals surface area contributed by atoms with E-state index in [0.29, 0.717) is 11.6 Å². The van der Waals surface area contributed by atoms with Gasteiger partial charge in [0.1, 0.15) is 0 Å². The Bertz CT molecular complexity index is 511. The number of nitrogens with zero attached hydrogens (tertiary/aromatic N) is 2. The molecule has 0 saturated carbocycles. The number of nitrogens with two attached hydrogens (primary N) is 2. The smallest absolute Gasteiger partial charge is 0.248 e. The predicted octanol–water partition coefficient (Wildman–Crippen LogP) is 1.04. The molecule has 0 spiro atoms. The highest BCUT2D eigenvalue weighted by molar-refractivity contribution is 5.95. The highest BCUT2D eigenvalue weighted by Gasteiger charge is 2.30. The average molecular weight is 274 g/mol. The molecular formula is C15H22N4O. The lowest BCUT2D eigenvalue weighted by atomic mass is 10.1. The zero-order valence-electron chi connectivity index (χ0n) is 11.7. The van der Waals surface area contributed by atoms with Gasteiger partial charge >= 0.3 is 0 Å². The Labute approximate surface area is 119 Å². The third-order valence-corrected chi connectivity index (χ3v) is 4.48. The summed E-state index contributed by atoms with van der Waals surface area (Å²) >= 11 is 0. The van der Waals surface area contributed by atoms with Crippen molar-refractivity contribution in [3.05, 3.63) is 23.8 Å². The number of rotatable bonds is 3. The molecule has 5 heteroatoms. The molecule has 5 nitrogen and oxygen atoms in total. The topological polar surface area (TPSA) is 75.6 Å². The number of benzene rings is 1. The monoisotopic (exact) mass is 274 g/mol. The van der Waals surface area contributed by atoms with Crippen LogP contribution in [0.1, 0.15) is 29.6 Å². The summed E-state index contributed by atoms with van der Waals surface area (Å²) in [4.78, 5) is 16.2. The van der Waals surface area contributed by atoms with E-state index < -0.39 is 5.91 Å². The molecule has 2 heterocycles. The van der Waals surface area contributed by atoms with Gasteiger partial charge < -0.3 is 16.4 Å². The molecule has 2 fully saturated rings. The number of likely N-dealkylation sites (tertiary alicyclic amines) is 1. The highest BCUT2D eigenvalue weighted by atomic mass is 16.1. The van der Waals surface area contributed by atoms with E-state index in [1.807, 2.05) is 6.07 Å². The summed E-state index contributed by atoms with van der Waals surface area (Å²) in [5.74, 6) is -0.401. The molecule has 2 saturated heterocycles. The van der Waals surface area contributed by atoms with Crippen LogP contribution in [0.4, 0.5) is 11.4 Å². The van der Waals surface area contributed by atoms with Crippen LogP contribution in [-0.2, 0) is 0 Å². The van der Waals surface area contributed by atoms with Crippen LogP contribution < -0.4 is 16.4 Å². The van der Waals surface area contributed by atoms with Crippen molar-refractivity contribution in [3.8, 4) is 0 Å². The Morgan fingerprint density at radius 2 is 1.95 bits per heavy atom. The maximum atomic E-state index is 11.3. The third-order valence-electron chi connectivity index (χ3n) is 4.48. The van der Waals surface area contributed by atoms with Crippen LogP contribution in [0.5, 0.6) is 0 Å². The van der Waals surface area contributed by atoms with Crippen LogP contribution in [0.15, 0.2) is 18.2 Å². The lowest BCUT2D eigenvalue weighted by molar-refractivity contribution is 0.100. The predicted molar refractivity (Wildman–Crippen MR) is 80.8 cm³/mol. The van der Waals surface area contributed by atoms with E-state index in [1.165, 1.54) is 32.4 Å². The van der Waals surface area contributed by atoms with E-state index in [4.69, 9.17) is 11.5 Å². The van der Waals surface area contributed by atoms with Crippen LogP contribution in [0.3, 0.4) is 0 Å². The molecule has 0 bridgehead atoms. The molecule has 1 aromatic rings. The molecular weight excluding hydrogens is 252 g/mol. The first-order valence-electron chi connectivity index (χ1n) is 7.33. The zero-order chi connectivity index (χ0) is 14.1. The summed E-state index contributed by atoms with van der Waals surface area (Å²) in [6.07, 6.45) is 3.80. The standard InChI is InChI=1S/C15H22N4O/c16-13-4-3-11(15(17)20)9-14(13)19-8-5-12(10-19)18-6-1-2-7-18/h3-4,9,12H,1-2,5-8,10,16H2,(H2,17,20). The van der Waals surface area contributed by atoms with E-state index in [0.717, 1.165) is 24.5 Å². The largest absolute Gasteiger partial charge is 0.397 e. The molecule has 2 aliphatic rings. The van der Waals surface area contributed by atoms with Crippen molar-refractivity contribution < 1.29 is 4.79 Å². The van der Waals surface area contributed by atoms with Crippen LogP contribution in [0, 0.1) is 0 Å². The van der Waals surface area contributed by atoms with Gasteiger partial charge in [-0.1, -0.05) is 0 Å². The Morgan fingerprint density at radius 1 is 1.20 bits per heavy atom. The van der Waals surface area contributed by atoms with Gasteiger partial charge in [0.25, 0.3) is 0 Å². The lowest BCUT2D eigenvalue weighted by Crippen LogP contribution is -2.35. The molecule has 4 N–H and O–H groups in total. The molecule has 108 valence electrons. The second kappa shape index (κ2) is 5.32.